The zero-order chi connectivity index (χ0) is 16.6. The number of rotatable bonds is 6. The lowest BCUT2D eigenvalue weighted by atomic mass is 10.2. The molecule has 0 unspecified atom stereocenters. The van der Waals surface area contributed by atoms with Gasteiger partial charge < -0.3 is 10.1 Å². The van der Waals surface area contributed by atoms with E-state index in [2.05, 4.69) is 26.1 Å². The number of carbonyl (C=O) groups excluding carboxylic acids is 2. The molecule has 0 aliphatic heterocycles. The molecule has 1 rings (SSSR count). The van der Waals surface area contributed by atoms with Crippen molar-refractivity contribution in [2.24, 2.45) is 0 Å². The summed E-state index contributed by atoms with van der Waals surface area (Å²) in [5.41, 5.74) is 1.61. The van der Waals surface area contributed by atoms with Crippen molar-refractivity contribution in [1.82, 2.24) is 0 Å². The summed E-state index contributed by atoms with van der Waals surface area (Å²) in [6.45, 7) is 8.36. The number of anilines is 1. The van der Waals surface area contributed by atoms with Crippen molar-refractivity contribution in [2.45, 2.75) is 32.4 Å². The number of amides is 1. The van der Waals surface area contributed by atoms with Gasteiger partial charge in [-0.25, -0.2) is 4.79 Å². The number of nitrogens with one attached hydrogen (secondary N) is 1. The lowest BCUT2D eigenvalue weighted by molar-refractivity contribution is -0.137. The normalized spacial score (nSPS) is 11.5. The summed E-state index contributed by atoms with van der Waals surface area (Å²) in [6.07, 6.45) is 3.07. The first-order chi connectivity index (χ1) is 10.3. The Balaban J connectivity index is 2.51. The van der Waals surface area contributed by atoms with Crippen molar-refractivity contribution in [1.29, 1.82) is 0 Å². The van der Waals surface area contributed by atoms with Crippen LogP contribution in [0.25, 0.3) is 6.08 Å². The summed E-state index contributed by atoms with van der Waals surface area (Å²) in [5.74, 6) is 0.0439. The van der Waals surface area contributed by atoms with Crippen molar-refractivity contribution >= 4 is 35.4 Å². The van der Waals surface area contributed by atoms with Crippen molar-refractivity contribution in [2.75, 3.05) is 17.7 Å². The van der Waals surface area contributed by atoms with Gasteiger partial charge in [0, 0.05) is 16.5 Å². The van der Waals surface area contributed by atoms with Crippen LogP contribution < -0.4 is 5.32 Å². The minimum atomic E-state index is -0.362. The topological polar surface area (TPSA) is 55.4 Å². The van der Waals surface area contributed by atoms with Gasteiger partial charge in [-0.1, -0.05) is 32.9 Å². The molecule has 0 spiro atoms. The van der Waals surface area contributed by atoms with Crippen LogP contribution >= 0.6 is 11.8 Å². The van der Waals surface area contributed by atoms with Crippen molar-refractivity contribution in [3.63, 3.8) is 0 Å². The molecule has 0 saturated carbocycles. The highest BCUT2D eigenvalue weighted by Gasteiger charge is 2.13. The van der Waals surface area contributed by atoms with Gasteiger partial charge in [-0.2, -0.15) is 0 Å². The average molecular weight is 321 g/mol. The number of esters is 1. The first-order valence-corrected chi connectivity index (χ1v) is 8.17. The van der Waals surface area contributed by atoms with Gasteiger partial charge in [0.25, 0.3) is 0 Å². The summed E-state index contributed by atoms with van der Waals surface area (Å²) in [6, 6.07) is 7.29. The van der Waals surface area contributed by atoms with Gasteiger partial charge in [-0.05, 0) is 30.7 Å². The summed E-state index contributed by atoms with van der Waals surface area (Å²) in [5, 5.41) is 2.85. The van der Waals surface area contributed by atoms with Crippen LogP contribution in [0.3, 0.4) is 0 Å². The van der Waals surface area contributed by atoms with E-state index in [1.807, 2.05) is 24.3 Å². The predicted molar refractivity (Wildman–Crippen MR) is 92.9 cm³/mol. The Morgan fingerprint density at radius 3 is 2.41 bits per heavy atom. The van der Waals surface area contributed by atoms with Crippen LogP contribution in [0.5, 0.6) is 0 Å². The monoisotopic (exact) mass is 321 g/mol. The Morgan fingerprint density at radius 1 is 1.23 bits per heavy atom. The van der Waals surface area contributed by atoms with Crippen LogP contribution in [0.15, 0.2) is 30.3 Å². The molecule has 1 aromatic rings. The molecule has 1 aromatic carbocycles. The van der Waals surface area contributed by atoms with Crippen LogP contribution in [0.1, 0.15) is 33.3 Å². The number of hydrogen-bond donors (Lipinski definition) is 1. The third-order valence-corrected chi connectivity index (χ3v) is 3.80. The summed E-state index contributed by atoms with van der Waals surface area (Å²) in [4.78, 5) is 23.0. The lowest BCUT2D eigenvalue weighted by Crippen LogP contribution is -2.18. The third-order valence-electron chi connectivity index (χ3n) is 2.53. The molecule has 0 aliphatic carbocycles. The molecule has 0 aromatic heterocycles. The quantitative estimate of drug-likeness (QED) is 0.641. The van der Waals surface area contributed by atoms with Gasteiger partial charge in [0.2, 0.25) is 5.91 Å². The number of hydrogen-bond acceptors (Lipinski definition) is 4. The van der Waals surface area contributed by atoms with E-state index in [0.717, 1.165) is 11.3 Å². The van der Waals surface area contributed by atoms with Gasteiger partial charge in [-0.15, -0.1) is 11.8 Å². The molecule has 5 heteroatoms. The minimum Gasteiger partial charge on any atom is -0.463 e. The molecule has 1 amide bonds. The van der Waals surface area contributed by atoms with E-state index < -0.39 is 0 Å². The molecule has 120 valence electrons. The standard InChI is InChI=1S/C17H23NO3S/c1-5-21-16(20)11-8-13-6-9-14(10-7-13)18-15(19)12-22-17(2,3)4/h6-11H,5,12H2,1-4H3,(H,18,19)/b11-8+. The predicted octanol–water partition coefficient (Wildman–Crippen LogP) is 3.73. The average Bonchev–Trinajstić information content (AvgIpc) is 2.44. The SMILES string of the molecule is CCOC(=O)/C=C/c1ccc(NC(=O)CSC(C)(C)C)cc1. The maximum Gasteiger partial charge on any atom is 0.330 e. The fourth-order valence-electron chi connectivity index (χ4n) is 1.51. The second-order valence-electron chi connectivity index (χ2n) is 5.66. The molecular weight excluding hydrogens is 298 g/mol. The van der Waals surface area contributed by atoms with E-state index >= 15 is 0 Å². The third kappa shape index (κ3) is 7.88. The van der Waals surface area contributed by atoms with Gasteiger partial charge in [0.1, 0.15) is 0 Å². The molecule has 22 heavy (non-hydrogen) atoms. The van der Waals surface area contributed by atoms with E-state index in [1.165, 1.54) is 6.08 Å². The van der Waals surface area contributed by atoms with Crippen molar-refractivity contribution in [3.8, 4) is 0 Å². The fraction of sp³-hybridized carbons (Fsp3) is 0.412. The molecule has 0 atom stereocenters. The molecule has 0 bridgehead atoms. The van der Waals surface area contributed by atoms with Gasteiger partial charge >= 0.3 is 5.97 Å². The molecule has 0 heterocycles. The minimum absolute atomic E-state index is 0.0188. The molecule has 0 fully saturated rings. The molecule has 1 N–H and O–H groups in total. The van der Waals surface area contributed by atoms with E-state index in [0.29, 0.717) is 12.4 Å². The van der Waals surface area contributed by atoms with E-state index in [1.54, 1.807) is 24.8 Å². The van der Waals surface area contributed by atoms with Crippen LogP contribution in [0, 0.1) is 0 Å². The Kier molecular flexibility index (Phi) is 7.18. The molecule has 0 radical (unpaired) electrons. The second-order valence-corrected chi connectivity index (χ2v) is 7.46. The fourth-order valence-corrected chi connectivity index (χ4v) is 2.15. The number of ether oxygens (including phenoxy) is 1. The number of carbonyl (C=O) groups is 2. The Labute approximate surface area is 136 Å². The van der Waals surface area contributed by atoms with Crippen molar-refractivity contribution in [3.05, 3.63) is 35.9 Å². The Bertz CT molecular complexity index is 530. The maximum atomic E-state index is 11.8. The molecule has 0 aliphatic rings. The first-order valence-electron chi connectivity index (χ1n) is 7.19. The summed E-state index contributed by atoms with van der Waals surface area (Å²) >= 11 is 1.61. The van der Waals surface area contributed by atoms with Crippen molar-refractivity contribution < 1.29 is 14.3 Å². The second kappa shape index (κ2) is 8.63. The summed E-state index contributed by atoms with van der Waals surface area (Å²) in [7, 11) is 0. The highest BCUT2D eigenvalue weighted by molar-refractivity contribution is 8.01. The van der Waals surface area contributed by atoms with Gasteiger partial charge in [0.15, 0.2) is 0 Å². The van der Waals surface area contributed by atoms with E-state index in [-0.39, 0.29) is 16.6 Å². The summed E-state index contributed by atoms with van der Waals surface area (Å²) < 4.78 is 4.88. The maximum absolute atomic E-state index is 11.8. The zero-order valence-corrected chi connectivity index (χ0v) is 14.3. The smallest absolute Gasteiger partial charge is 0.330 e. The Morgan fingerprint density at radius 2 is 1.86 bits per heavy atom. The van der Waals surface area contributed by atoms with Gasteiger partial charge in [0.05, 0.1) is 12.4 Å². The molecular formula is C17H23NO3S. The van der Waals surface area contributed by atoms with Crippen LogP contribution in [-0.4, -0.2) is 29.0 Å². The van der Waals surface area contributed by atoms with E-state index in [9.17, 15) is 9.59 Å². The first kappa shape index (κ1) is 18.3. The van der Waals surface area contributed by atoms with Crippen LogP contribution in [-0.2, 0) is 14.3 Å². The van der Waals surface area contributed by atoms with Crippen LogP contribution in [0.2, 0.25) is 0 Å². The lowest BCUT2D eigenvalue weighted by Gasteiger charge is -2.17. The Hall–Kier alpha value is -1.75. The molecule has 4 nitrogen and oxygen atoms in total. The molecule has 0 saturated heterocycles. The largest absolute Gasteiger partial charge is 0.463 e. The number of benzene rings is 1. The number of thioether (sulfide) groups is 1. The van der Waals surface area contributed by atoms with E-state index in [4.69, 9.17) is 4.74 Å². The van der Waals surface area contributed by atoms with Crippen LogP contribution in [0.4, 0.5) is 5.69 Å². The van der Waals surface area contributed by atoms with Gasteiger partial charge in [-0.3, -0.25) is 4.79 Å². The highest BCUT2D eigenvalue weighted by atomic mass is 32.2. The highest BCUT2D eigenvalue weighted by Crippen LogP contribution is 2.23. The zero-order valence-electron chi connectivity index (χ0n) is 13.5.